The molecule has 4 aromatic rings. The number of β-amino-alcohol motifs (C(OH)–C–C–N with tert-alkyl or cyclic N) is 1. The van der Waals surface area contributed by atoms with Gasteiger partial charge in [-0.05, 0) is 53.9 Å². The van der Waals surface area contributed by atoms with Gasteiger partial charge in [0.2, 0.25) is 0 Å². The number of halogens is 1. The average Bonchev–Trinajstić information content (AvgIpc) is 3.21. The summed E-state index contributed by atoms with van der Waals surface area (Å²) < 4.78 is 24.4. The summed E-state index contributed by atoms with van der Waals surface area (Å²) >= 11 is 0. The van der Waals surface area contributed by atoms with Crippen molar-refractivity contribution in [3.63, 3.8) is 0 Å². The fourth-order valence-electron chi connectivity index (χ4n) is 4.08. The number of nitrogens with zero attached hydrogens (tertiary/aromatic N) is 2. The monoisotopic (exact) mass is 418 g/mol. The van der Waals surface area contributed by atoms with E-state index >= 15 is 0 Å². The fourth-order valence-corrected chi connectivity index (χ4v) is 4.08. The number of fused-ring (bicyclic) bond motifs is 2. The number of hydrogen-bond donors (Lipinski definition) is 1. The van der Waals surface area contributed by atoms with Gasteiger partial charge < -0.3 is 14.4 Å². The van der Waals surface area contributed by atoms with Crippen molar-refractivity contribution in [2.24, 2.45) is 0 Å². The number of ether oxygens (including phenoxy) is 1. The predicted octanol–water partition coefficient (Wildman–Crippen LogP) is 4.43. The van der Waals surface area contributed by atoms with Crippen LogP contribution in [0.25, 0.3) is 22.2 Å². The van der Waals surface area contributed by atoms with Gasteiger partial charge in [-0.2, -0.15) is 0 Å². The zero-order chi connectivity index (χ0) is 21.2. The normalized spacial score (nSPS) is 15.0. The van der Waals surface area contributed by atoms with Crippen LogP contribution in [0, 0.1) is 5.82 Å². The van der Waals surface area contributed by atoms with Crippen LogP contribution in [-0.4, -0.2) is 41.0 Å². The maximum absolute atomic E-state index is 13.3. The van der Waals surface area contributed by atoms with Crippen molar-refractivity contribution in [2.45, 2.75) is 19.1 Å². The Morgan fingerprint density at radius 1 is 1.06 bits per heavy atom. The van der Waals surface area contributed by atoms with Crippen molar-refractivity contribution < 1.29 is 18.8 Å². The van der Waals surface area contributed by atoms with Crippen molar-refractivity contribution in [3.8, 4) is 17.0 Å². The summed E-state index contributed by atoms with van der Waals surface area (Å²) in [6.45, 7) is 2.60. The molecule has 5 nitrogen and oxygen atoms in total. The lowest BCUT2D eigenvalue weighted by Gasteiger charge is -2.30. The van der Waals surface area contributed by atoms with Gasteiger partial charge in [0.25, 0.3) is 0 Å². The SMILES string of the molecule is O[C@H](COc1ccc(-c2noc3cc(F)ccc23)cc1)CN1CCc2ccccc2C1. The molecule has 1 aromatic heterocycles. The van der Waals surface area contributed by atoms with Crippen LogP contribution in [0.4, 0.5) is 4.39 Å². The van der Waals surface area contributed by atoms with Gasteiger partial charge in [-0.3, -0.25) is 4.90 Å². The molecule has 1 aliphatic heterocycles. The van der Waals surface area contributed by atoms with E-state index in [4.69, 9.17) is 9.26 Å². The molecule has 5 rings (SSSR count). The molecular weight excluding hydrogens is 395 g/mol. The lowest BCUT2D eigenvalue weighted by atomic mass is 10.00. The predicted molar refractivity (Wildman–Crippen MR) is 116 cm³/mol. The van der Waals surface area contributed by atoms with Crippen LogP contribution in [0.1, 0.15) is 11.1 Å². The highest BCUT2D eigenvalue weighted by Gasteiger charge is 2.19. The minimum atomic E-state index is -0.570. The molecule has 0 saturated carbocycles. The van der Waals surface area contributed by atoms with Crippen LogP contribution in [-0.2, 0) is 13.0 Å². The number of benzene rings is 3. The number of aliphatic hydroxyl groups excluding tert-OH is 1. The minimum Gasteiger partial charge on any atom is -0.491 e. The van der Waals surface area contributed by atoms with Crippen LogP contribution in [0.5, 0.6) is 5.75 Å². The lowest BCUT2D eigenvalue weighted by molar-refractivity contribution is 0.0638. The van der Waals surface area contributed by atoms with Crippen molar-refractivity contribution in [2.75, 3.05) is 19.7 Å². The molecular formula is C25H23FN2O3. The Morgan fingerprint density at radius 3 is 2.71 bits per heavy atom. The van der Waals surface area contributed by atoms with Gasteiger partial charge in [0.1, 0.15) is 30.0 Å². The highest BCUT2D eigenvalue weighted by molar-refractivity contribution is 5.91. The fraction of sp³-hybridized carbons (Fsp3) is 0.240. The van der Waals surface area contributed by atoms with E-state index in [-0.39, 0.29) is 12.4 Å². The van der Waals surface area contributed by atoms with E-state index in [0.29, 0.717) is 23.6 Å². The van der Waals surface area contributed by atoms with Crippen molar-refractivity contribution in [1.82, 2.24) is 10.1 Å². The first-order chi connectivity index (χ1) is 15.2. The second kappa shape index (κ2) is 8.49. The lowest BCUT2D eigenvalue weighted by Crippen LogP contribution is -2.38. The Balaban J connectivity index is 1.17. The molecule has 2 heterocycles. The van der Waals surface area contributed by atoms with Gasteiger partial charge in [-0.1, -0.05) is 29.4 Å². The largest absolute Gasteiger partial charge is 0.491 e. The van der Waals surface area contributed by atoms with Crippen molar-refractivity contribution in [3.05, 3.63) is 83.7 Å². The molecule has 0 unspecified atom stereocenters. The third-order valence-corrected chi connectivity index (χ3v) is 5.68. The van der Waals surface area contributed by atoms with E-state index in [1.807, 2.05) is 24.3 Å². The van der Waals surface area contributed by atoms with E-state index in [1.54, 1.807) is 6.07 Å². The molecule has 0 radical (unpaired) electrons. The molecule has 6 heteroatoms. The summed E-state index contributed by atoms with van der Waals surface area (Å²) in [6, 6.07) is 20.3. The Hall–Kier alpha value is -3.22. The molecule has 1 N–H and O–H groups in total. The topological polar surface area (TPSA) is 58.7 Å². The maximum atomic E-state index is 13.3. The van der Waals surface area contributed by atoms with E-state index in [9.17, 15) is 9.50 Å². The summed E-state index contributed by atoms with van der Waals surface area (Å²) in [5.41, 5.74) is 4.66. The number of hydrogen-bond acceptors (Lipinski definition) is 5. The highest BCUT2D eigenvalue weighted by atomic mass is 19.1. The molecule has 0 spiro atoms. The zero-order valence-corrected chi connectivity index (χ0v) is 17.0. The van der Waals surface area contributed by atoms with Gasteiger partial charge in [0.15, 0.2) is 5.58 Å². The van der Waals surface area contributed by atoms with Crippen LogP contribution >= 0.6 is 0 Å². The molecule has 31 heavy (non-hydrogen) atoms. The molecule has 3 aromatic carbocycles. The van der Waals surface area contributed by atoms with Gasteiger partial charge in [-0.15, -0.1) is 0 Å². The summed E-state index contributed by atoms with van der Waals surface area (Å²) in [5, 5.41) is 15.3. The molecule has 158 valence electrons. The standard InChI is InChI=1S/C25H23FN2O3/c26-20-7-10-23-24(13-20)31-27-25(23)18-5-8-22(9-6-18)30-16-21(29)15-28-12-11-17-3-1-2-4-19(17)14-28/h1-10,13,21,29H,11-12,14-16H2/t21-/m0/s1. The molecule has 0 aliphatic carbocycles. The minimum absolute atomic E-state index is 0.226. The van der Waals surface area contributed by atoms with Gasteiger partial charge in [-0.25, -0.2) is 4.39 Å². The summed E-state index contributed by atoms with van der Waals surface area (Å²) in [5.74, 6) is 0.317. The van der Waals surface area contributed by atoms with E-state index in [1.165, 1.54) is 23.3 Å². The Morgan fingerprint density at radius 2 is 1.87 bits per heavy atom. The average molecular weight is 418 g/mol. The van der Waals surface area contributed by atoms with Crippen LogP contribution in [0.2, 0.25) is 0 Å². The number of rotatable bonds is 6. The molecule has 0 fully saturated rings. The Labute approximate surface area is 179 Å². The third-order valence-electron chi connectivity index (χ3n) is 5.68. The van der Waals surface area contributed by atoms with Gasteiger partial charge in [0.05, 0.1) is 0 Å². The van der Waals surface area contributed by atoms with Gasteiger partial charge >= 0.3 is 0 Å². The summed E-state index contributed by atoms with van der Waals surface area (Å²) in [4.78, 5) is 2.26. The third kappa shape index (κ3) is 4.31. The first kappa shape index (κ1) is 19.7. The second-order valence-corrected chi connectivity index (χ2v) is 7.91. The zero-order valence-electron chi connectivity index (χ0n) is 17.0. The van der Waals surface area contributed by atoms with Crippen LogP contribution in [0.3, 0.4) is 0 Å². The maximum Gasteiger partial charge on any atom is 0.170 e. The second-order valence-electron chi connectivity index (χ2n) is 7.91. The molecule has 0 amide bonds. The Bertz CT molecular complexity index is 1190. The van der Waals surface area contributed by atoms with Crippen molar-refractivity contribution in [1.29, 1.82) is 0 Å². The summed E-state index contributed by atoms with van der Waals surface area (Å²) in [7, 11) is 0. The van der Waals surface area contributed by atoms with E-state index in [0.717, 1.165) is 30.5 Å². The first-order valence-electron chi connectivity index (χ1n) is 10.4. The van der Waals surface area contributed by atoms with E-state index in [2.05, 4.69) is 34.3 Å². The molecule has 0 saturated heterocycles. The van der Waals surface area contributed by atoms with Crippen LogP contribution in [0.15, 0.2) is 71.3 Å². The first-order valence-corrected chi connectivity index (χ1v) is 10.4. The van der Waals surface area contributed by atoms with Crippen molar-refractivity contribution >= 4 is 11.0 Å². The van der Waals surface area contributed by atoms with Crippen LogP contribution < -0.4 is 4.74 Å². The molecule has 0 bridgehead atoms. The van der Waals surface area contributed by atoms with Gasteiger partial charge in [0, 0.05) is 36.7 Å². The smallest absolute Gasteiger partial charge is 0.170 e. The summed E-state index contributed by atoms with van der Waals surface area (Å²) in [6.07, 6.45) is 0.438. The quantitative estimate of drug-likeness (QED) is 0.502. The molecule has 1 aliphatic rings. The highest BCUT2D eigenvalue weighted by Crippen LogP contribution is 2.29. The van der Waals surface area contributed by atoms with E-state index < -0.39 is 6.10 Å². The Kier molecular flexibility index (Phi) is 5.40. The number of aliphatic hydroxyl groups is 1. The molecule has 1 atom stereocenters. The number of aromatic nitrogens is 1.